The van der Waals surface area contributed by atoms with Gasteiger partial charge in [0.1, 0.15) is 5.41 Å². The molecule has 1 saturated heterocycles. The quantitative estimate of drug-likeness (QED) is 0.493. The molecule has 5 heteroatoms. The van der Waals surface area contributed by atoms with Crippen LogP contribution in [0.15, 0.2) is 54.6 Å². The number of carbonyl (C=O) groups excluding carboxylic acids is 1. The second kappa shape index (κ2) is 4.70. The normalized spacial score (nSPS) is 24.0. The van der Waals surface area contributed by atoms with Crippen LogP contribution in [-0.4, -0.2) is 10.9 Å². The van der Waals surface area contributed by atoms with Gasteiger partial charge in [-0.25, -0.2) is 0 Å². The summed E-state index contributed by atoms with van der Waals surface area (Å²) in [5.74, 6) is -0.364. The average molecular weight is 283 g/mol. The highest BCUT2D eigenvalue weighted by Gasteiger charge is 2.57. The molecule has 1 heterocycles. The summed E-state index contributed by atoms with van der Waals surface area (Å²) < 4.78 is 5.24. The first kappa shape index (κ1) is 13.3. The Kier molecular flexibility index (Phi) is 2.97. The molecule has 0 aliphatic carbocycles. The minimum atomic E-state index is -0.895. The molecule has 21 heavy (non-hydrogen) atoms. The van der Waals surface area contributed by atoms with E-state index < -0.39 is 16.4 Å². The van der Waals surface area contributed by atoms with E-state index in [0.29, 0.717) is 5.56 Å². The van der Waals surface area contributed by atoms with Crippen LogP contribution in [0.25, 0.3) is 0 Å². The van der Waals surface area contributed by atoms with Gasteiger partial charge in [0, 0.05) is 6.07 Å². The molecule has 2 atom stereocenters. The summed E-state index contributed by atoms with van der Waals surface area (Å²) in [6.07, 6.45) is -0.644. The number of nitrogens with zero attached hydrogens (tertiary/aromatic N) is 1. The number of cyclic esters (lactones) is 1. The standard InChI is InChI=1S/C16H13NO4/c1-16(11-7-3-2-4-8-11)14(21-15(16)18)12-9-5-6-10-13(12)17(19)20/h2-10,14H,1H3/t14-,16+/m1/s1. The first-order chi connectivity index (χ1) is 10.0. The van der Waals surface area contributed by atoms with E-state index in [4.69, 9.17) is 4.74 Å². The van der Waals surface area contributed by atoms with Gasteiger partial charge in [0.2, 0.25) is 0 Å². The van der Waals surface area contributed by atoms with Crippen molar-refractivity contribution in [1.82, 2.24) is 0 Å². The third-order valence-electron chi connectivity index (χ3n) is 3.96. The smallest absolute Gasteiger partial charge is 0.321 e. The summed E-state index contributed by atoms with van der Waals surface area (Å²) in [5.41, 5.74) is 0.294. The van der Waals surface area contributed by atoms with Crippen LogP contribution < -0.4 is 0 Å². The lowest BCUT2D eigenvalue weighted by Gasteiger charge is -2.44. The molecule has 5 nitrogen and oxygen atoms in total. The zero-order valence-corrected chi connectivity index (χ0v) is 11.4. The molecule has 0 spiro atoms. The van der Waals surface area contributed by atoms with Crippen molar-refractivity contribution >= 4 is 11.7 Å². The summed E-state index contributed by atoms with van der Waals surface area (Å²) >= 11 is 0. The van der Waals surface area contributed by atoms with E-state index >= 15 is 0 Å². The fraction of sp³-hybridized carbons (Fsp3) is 0.188. The van der Waals surface area contributed by atoms with Crippen LogP contribution in [0, 0.1) is 10.1 Å². The topological polar surface area (TPSA) is 69.4 Å². The van der Waals surface area contributed by atoms with Gasteiger partial charge < -0.3 is 4.74 Å². The molecule has 2 aromatic rings. The van der Waals surface area contributed by atoms with Crippen molar-refractivity contribution in [3.8, 4) is 0 Å². The number of esters is 1. The molecular formula is C16H13NO4. The molecule has 0 amide bonds. The van der Waals surface area contributed by atoms with Gasteiger partial charge in [-0.1, -0.05) is 42.5 Å². The third kappa shape index (κ3) is 1.89. The highest BCUT2D eigenvalue weighted by molar-refractivity contribution is 5.90. The lowest BCUT2D eigenvalue weighted by molar-refractivity contribution is -0.386. The van der Waals surface area contributed by atoms with E-state index in [9.17, 15) is 14.9 Å². The van der Waals surface area contributed by atoms with E-state index in [2.05, 4.69) is 0 Å². The number of nitro groups is 1. The minimum absolute atomic E-state index is 0.0304. The molecule has 2 aromatic carbocycles. The van der Waals surface area contributed by atoms with Gasteiger partial charge in [-0.2, -0.15) is 0 Å². The number of nitro benzene ring substituents is 1. The van der Waals surface area contributed by atoms with E-state index in [0.717, 1.165) is 5.56 Å². The molecule has 0 bridgehead atoms. The maximum Gasteiger partial charge on any atom is 0.321 e. The number of ether oxygens (including phenoxy) is 1. The van der Waals surface area contributed by atoms with Crippen LogP contribution in [0.1, 0.15) is 24.2 Å². The van der Waals surface area contributed by atoms with Crippen molar-refractivity contribution in [1.29, 1.82) is 0 Å². The van der Waals surface area contributed by atoms with Gasteiger partial charge in [-0.3, -0.25) is 14.9 Å². The summed E-state index contributed by atoms with van der Waals surface area (Å²) in [6.45, 7) is 1.76. The van der Waals surface area contributed by atoms with Gasteiger partial charge >= 0.3 is 5.97 Å². The third-order valence-corrected chi connectivity index (χ3v) is 3.96. The highest BCUT2D eigenvalue weighted by atomic mass is 16.6. The molecular weight excluding hydrogens is 270 g/mol. The maximum absolute atomic E-state index is 12.0. The van der Waals surface area contributed by atoms with Crippen molar-refractivity contribution < 1.29 is 14.5 Å². The number of hydrogen-bond donors (Lipinski definition) is 0. The van der Waals surface area contributed by atoms with Crippen molar-refractivity contribution in [2.45, 2.75) is 18.4 Å². The summed E-state index contributed by atoms with van der Waals surface area (Å²) in [6, 6.07) is 15.6. The second-order valence-corrected chi connectivity index (χ2v) is 5.17. The van der Waals surface area contributed by atoms with E-state index in [-0.39, 0.29) is 11.7 Å². The number of rotatable bonds is 3. The van der Waals surface area contributed by atoms with Crippen LogP contribution in [0.3, 0.4) is 0 Å². The van der Waals surface area contributed by atoms with E-state index in [1.165, 1.54) is 6.07 Å². The Morgan fingerprint density at radius 2 is 1.71 bits per heavy atom. The molecule has 0 aromatic heterocycles. The SMILES string of the molecule is C[C@@]1(c2ccccc2)C(=O)O[C@@H]1c1ccccc1[N+](=O)[O-]. The van der Waals surface area contributed by atoms with Crippen molar-refractivity contribution in [2.24, 2.45) is 0 Å². The molecule has 1 aliphatic rings. The first-order valence-electron chi connectivity index (χ1n) is 6.55. The Hall–Kier alpha value is -2.69. The van der Waals surface area contributed by atoms with Gasteiger partial charge in [0.05, 0.1) is 10.5 Å². The molecule has 0 unspecified atom stereocenters. The van der Waals surface area contributed by atoms with Gasteiger partial charge in [-0.15, -0.1) is 0 Å². The van der Waals surface area contributed by atoms with Crippen LogP contribution in [0.5, 0.6) is 0 Å². The summed E-state index contributed by atoms with van der Waals surface area (Å²) in [5, 5.41) is 11.2. The molecule has 1 aliphatic heterocycles. The largest absolute Gasteiger partial charge is 0.455 e. The summed E-state index contributed by atoms with van der Waals surface area (Å²) in [7, 11) is 0. The first-order valence-corrected chi connectivity index (χ1v) is 6.55. The molecule has 0 N–H and O–H groups in total. The minimum Gasteiger partial charge on any atom is -0.455 e. The number of benzene rings is 2. The zero-order valence-electron chi connectivity index (χ0n) is 11.4. The second-order valence-electron chi connectivity index (χ2n) is 5.17. The molecule has 0 radical (unpaired) electrons. The predicted molar refractivity (Wildman–Crippen MR) is 75.7 cm³/mol. The van der Waals surface area contributed by atoms with E-state index in [1.54, 1.807) is 25.1 Å². The molecule has 1 fully saturated rings. The number of hydrogen-bond acceptors (Lipinski definition) is 4. The lowest BCUT2D eigenvalue weighted by Crippen LogP contribution is -2.52. The predicted octanol–water partition coefficient (Wildman–Crippen LogP) is 3.15. The fourth-order valence-corrected chi connectivity index (χ4v) is 2.70. The van der Waals surface area contributed by atoms with E-state index in [1.807, 2.05) is 30.3 Å². The van der Waals surface area contributed by atoms with Crippen molar-refractivity contribution in [3.05, 3.63) is 75.8 Å². The highest BCUT2D eigenvalue weighted by Crippen LogP contribution is 2.51. The Bertz CT molecular complexity index is 713. The molecule has 0 saturated carbocycles. The van der Waals surface area contributed by atoms with Gasteiger partial charge in [-0.05, 0) is 18.6 Å². The van der Waals surface area contributed by atoms with Crippen molar-refractivity contribution in [2.75, 3.05) is 0 Å². The molecule has 106 valence electrons. The Balaban J connectivity index is 2.09. The van der Waals surface area contributed by atoms with Gasteiger partial charge in [0.15, 0.2) is 6.10 Å². The maximum atomic E-state index is 12.0. The fourth-order valence-electron chi connectivity index (χ4n) is 2.70. The zero-order chi connectivity index (χ0) is 15.0. The lowest BCUT2D eigenvalue weighted by atomic mass is 9.70. The Morgan fingerprint density at radius 1 is 1.10 bits per heavy atom. The Morgan fingerprint density at radius 3 is 2.33 bits per heavy atom. The Labute approximate surface area is 121 Å². The van der Waals surface area contributed by atoms with Crippen LogP contribution >= 0.6 is 0 Å². The van der Waals surface area contributed by atoms with Gasteiger partial charge in [0.25, 0.3) is 5.69 Å². The van der Waals surface area contributed by atoms with Crippen LogP contribution in [-0.2, 0) is 14.9 Å². The summed E-state index contributed by atoms with van der Waals surface area (Å²) in [4.78, 5) is 22.7. The molecule has 3 rings (SSSR count). The van der Waals surface area contributed by atoms with Crippen molar-refractivity contribution in [3.63, 3.8) is 0 Å². The number of carbonyl (C=O) groups is 1. The monoisotopic (exact) mass is 283 g/mol. The average Bonchev–Trinajstić information content (AvgIpc) is 2.52. The van der Waals surface area contributed by atoms with Crippen LogP contribution in [0.2, 0.25) is 0 Å². The van der Waals surface area contributed by atoms with Crippen LogP contribution in [0.4, 0.5) is 5.69 Å². The number of para-hydroxylation sites is 1.